The number of nitrogens with zero attached hydrogens (tertiary/aromatic N) is 2. The first kappa shape index (κ1) is 12.6. The van der Waals surface area contributed by atoms with Crippen LogP contribution in [-0.2, 0) is 0 Å². The lowest BCUT2D eigenvalue weighted by Gasteiger charge is -2.08. The van der Waals surface area contributed by atoms with Crippen LogP contribution in [0.2, 0.25) is 10.0 Å². The minimum absolute atomic E-state index is 0.0504. The van der Waals surface area contributed by atoms with Crippen molar-refractivity contribution in [3.05, 3.63) is 56.4 Å². The minimum Gasteiger partial charge on any atom is -0.364 e. The van der Waals surface area contributed by atoms with Crippen LogP contribution in [0.1, 0.15) is 10.5 Å². The number of halogens is 2. The second-order valence-corrected chi connectivity index (χ2v) is 4.22. The van der Waals surface area contributed by atoms with Crippen molar-refractivity contribution in [1.82, 2.24) is 9.78 Å². The Kier molecular flexibility index (Phi) is 3.36. The first-order valence-electron chi connectivity index (χ1n) is 4.85. The van der Waals surface area contributed by atoms with Crippen molar-refractivity contribution in [3.8, 4) is 5.69 Å². The van der Waals surface area contributed by atoms with E-state index in [4.69, 9.17) is 28.9 Å². The van der Waals surface area contributed by atoms with Crippen LogP contribution in [0.5, 0.6) is 0 Å². The molecule has 0 bridgehead atoms. The monoisotopic (exact) mass is 283 g/mol. The largest absolute Gasteiger partial charge is 0.364 e. The zero-order valence-electron chi connectivity index (χ0n) is 8.93. The molecule has 1 aromatic heterocycles. The van der Waals surface area contributed by atoms with E-state index in [0.717, 1.165) is 4.68 Å². The maximum Gasteiger partial charge on any atom is 0.271 e. The first-order valence-corrected chi connectivity index (χ1v) is 5.61. The normalized spacial score (nSPS) is 10.3. The summed E-state index contributed by atoms with van der Waals surface area (Å²) in [5.41, 5.74) is 4.81. The van der Waals surface area contributed by atoms with Gasteiger partial charge in [-0.3, -0.25) is 9.59 Å². The van der Waals surface area contributed by atoms with Crippen molar-refractivity contribution in [2.75, 3.05) is 0 Å². The molecule has 0 unspecified atom stereocenters. The van der Waals surface area contributed by atoms with E-state index in [2.05, 4.69) is 5.10 Å². The third-order valence-electron chi connectivity index (χ3n) is 2.20. The number of hydrogen-bond donors (Lipinski definition) is 1. The molecular weight excluding hydrogens is 277 g/mol. The topological polar surface area (TPSA) is 78.0 Å². The molecule has 0 aliphatic carbocycles. The molecular formula is C11H7Cl2N3O2. The van der Waals surface area contributed by atoms with Gasteiger partial charge in [0.1, 0.15) is 11.4 Å². The number of benzene rings is 1. The Morgan fingerprint density at radius 3 is 2.33 bits per heavy atom. The third kappa shape index (κ3) is 2.23. The van der Waals surface area contributed by atoms with Crippen LogP contribution in [0.15, 0.2) is 35.1 Å². The van der Waals surface area contributed by atoms with E-state index in [0.29, 0.717) is 0 Å². The quantitative estimate of drug-likeness (QED) is 0.910. The Morgan fingerprint density at radius 2 is 1.78 bits per heavy atom. The van der Waals surface area contributed by atoms with Crippen molar-refractivity contribution in [3.63, 3.8) is 0 Å². The van der Waals surface area contributed by atoms with Gasteiger partial charge in [-0.05, 0) is 18.2 Å². The maximum atomic E-state index is 11.7. The highest BCUT2D eigenvalue weighted by Gasteiger charge is 2.12. The Labute approximate surface area is 112 Å². The van der Waals surface area contributed by atoms with Gasteiger partial charge in [0.15, 0.2) is 0 Å². The van der Waals surface area contributed by atoms with Crippen LogP contribution in [0.25, 0.3) is 5.69 Å². The summed E-state index contributed by atoms with van der Waals surface area (Å²) < 4.78 is 0.949. The molecule has 7 heteroatoms. The molecule has 5 nitrogen and oxygen atoms in total. The zero-order chi connectivity index (χ0) is 13.3. The second-order valence-electron chi connectivity index (χ2n) is 3.40. The highest BCUT2D eigenvalue weighted by Crippen LogP contribution is 2.26. The highest BCUT2D eigenvalue weighted by molar-refractivity contribution is 6.37. The number of para-hydroxylation sites is 1. The van der Waals surface area contributed by atoms with Crippen LogP contribution >= 0.6 is 23.2 Å². The number of carbonyl (C=O) groups is 1. The smallest absolute Gasteiger partial charge is 0.271 e. The van der Waals surface area contributed by atoms with Gasteiger partial charge in [-0.15, -0.1) is 0 Å². The summed E-state index contributed by atoms with van der Waals surface area (Å²) in [5.74, 6) is -0.744. The lowest BCUT2D eigenvalue weighted by molar-refractivity contribution is 0.0994. The fourth-order valence-corrected chi connectivity index (χ4v) is 1.95. The molecule has 1 aromatic carbocycles. The van der Waals surface area contributed by atoms with Gasteiger partial charge in [0.05, 0.1) is 10.0 Å². The van der Waals surface area contributed by atoms with Gasteiger partial charge in [0, 0.05) is 6.07 Å². The number of hydrogen-bond acceptors (Lipinski definition) is 3. The van der Waals surface area contributed by atoms with Gasteiger partial charge in [-0.25, -0.2) is 0 Å². The third-order valence-corrected chi connectivity index (χ3v) is 2.81. The Morgan fingerprint density at radius 1 is 1.17 bits per heavy atom. The molecule has 2 rings (SSSR count). The van der Waals surface area contributed by atoms with Crippen LogP contribution in [0, 0.1) is 0 Å². The lowest BCUT2D eigenvalue weighted by atomic mass is 10.3. The Balaban J connectivity index is 2.75. The number of rotatable bonds is 2. The molecule has 0 aliphatic rings. The zero-order valence-corrected chi connectivity index (χ0v) is 10.4. The summed E-state index contributed by atoms with van der Waals surface area (Å²) in [6.45, 7) is 0. The van der Waals surface area contributed by atoms with E-state index in [1.165, 1.54) is 12.1 Å². The summed E-state index contributed by atoms with van der Waals surface area (Å²) in [6, 6.07) is 7.18. The number of aromatic nitrogens is 2. The number of nitrogens with two attached hydrogens (primary N) is 1. The molecule has 2 aromatic rings. The predicted molar refractivity (Wildman–Crippen MR) is 68.4 cm³/mol. The summed E-state index contributed by atoms with van der Waals surface area (Å²) >= 11 is 11.9. The van der Waals surface area contributed by atoms with E-state index in [1.54, 1.807) is 18.2 Å². The van der Waals surface area contributed by atoms with Crippen LogP contribution in [0.4, 0.5) is 0 Å². The molecule has 0 spiro atoms. The van der Waals surface area contributed by atoms with Gasteiger partial charge in [0.2, 0.25) is 0 Å². The van der Waals surface area contributed by atoms with Crippen molar-refractivity contribution < 1.29 is 4.79 Å². The molecule has 0 saturated carbocycles. The van der Waals surface area contributed by atoms with Crippen molar-refractivity contribution >= 4 is 29.1 Å². The predicted octanol–water partition coefficient (Wildman–Crippen LogP) is 1.64. The molecule has 0 fully saturated rings. The Bertz CT molecular complexity index is 662. The summed E-state index contributed by atoms with van der Waals surface area (Å²) in [4.78, 5) is 22.8. The van der Waals surface area contributed by atoms with Gasteiger partial charge in [-0.1, -0.05) is 29.3 Å². The number of amides is 1. The molecule has 1 amide bonds. The number of primary amides is 1. The molecule has 0 atom stereocenters. The van der Waals surface area contributed by atoms with Crippen LogP contribution < -0.4 is 11.3 Å². The van der Waals surface area contributed by atoms with Crippen molar-refractivity contribution in [1.29, 1.82) is 0 Å². The van der Waals surface area contributed by atoms with E-state index < -0.39 is 11.5 Å². The highest BCUT2D eigenvalue weighted by atomic mass is 35.5. The molecule has 1 heterocycles. The molecule has 0 radical (unpaired) electrons. The average molecular weight is 284 g/mol. The molecule has 92 valence electrons. The van der Waals surface area contributed by atoms with E-state index in [1.807, 2.05) is 0 Å². The van der Waals surface area contributed by atoms with Gasteiger partial charge in [0.25, 0.3) is 11.5 Å². The van der Waals surface area contributed by atoms with Crippen molar-refractivity contribution in [2.45, 2.75) is 0 Å². The summed E-state index contributed by atoms with van der Waals surface area (Å²) in [6.07, 6.45) is 0. The fraction of sp³-hybridized carbons (Fsp3) is 0. The molecule has 2 N–H and O–H groups in total. The second kappa shape index (κ2) is 4.80. The van der Waals surface area contributed by atoms with Crippen LogP contribution in [-0.4, -0.2) is 15.7 Å². The minimum atomic E-state index is -0.744. The summed E-state index contributed by atoms with van der Waals surface area (Å²) in [5, 5.41) is 4.32. The number of carbonyl (C=O) groups excluding carboxylic acids is 1. The fourth-order valence-electron chi connectivity index (χ4n) is 1.39. The Hall–Kier alpha value is -1.85. The average Bonchev–Trinajstić information content (AvgIpc) is 2.30. The van der Waals surface area contributed by atoms with E-state index >= 15 is 0 Å². The van der Waals surface area contributed by atoms with Crippen LogP contribution in [0.3, 0.4) is 0 Å². The maximum absolute atomic E-state index is 11.7. The lowest BCUT2D eigenvalue weighted by Crippen LogP contribution is -2.25. The summed E-state index contributed by atoms with van der Waals surface area (Å²) in [7, 11) is 0. The first-order chi connectivity index (χ1) is 8.50. The van der Waals surface area contributed by atoms with Gasteiger partial charge < -0.3 is 5.73 Å². The van der Waals surface area contributed by atoms with E-state index in [-0.39, 0.29) is 21.4 Å². The molecule has 0 aliphatic heterocycles. The standard InChI is InChI=1S/C11H7Cl2N3O2/c12-6-2-1-3-7(13)10(6)16-9(17)5-4-8(15-16)11(14)18/h1-5H,(H2,14,18). The van der Waals surface area contributed by atoms with Crippen molar-refractivity contribution in [2.24, 2.45) is 5.73 Å². The molecule has 0 saturated heterocycles. The van der Waals surface area contributed by atoms with Gasteiger partial charge >= 0.3 is 0 Å². The van der Waals surface area contributed by atoms with E-state index in [9.17, 15) is 9.59 Å². The molecule has 18 heavy (non-hydrogen) atoms. The SMILES string of the molecule is NC(=O)c1ccc(=O)n(-c2c(Cl)cccc2Cl)n1. The van der Waals surface area contributed by atoms with Gasteiger partial charge in [-0.2, -0.15) is 9.78 Å².